The molecule has 0 aromatic carbocycles. The summed E-state index contributed by atoms with van der Waals surface area (Å²) in [6.07, 6.45) is 3.54. The van der Waals surface area contributed by atoms with E-state index in [-0.39, 0.29) is 12.1 Å². The molecule has 1 saturated heterocycles. The molecule has 0 spiro atoms. The SMILES string of the molecule is CCCCOC(=O)C(CNC1CCOCC1)NC(=O)N(C)Cc1csc(C(C)C)n1. The van der Waals surface area contributed by atoms with Gasteiger partial charge in [0.1, 0.15) is 6.04 Å². The van der Waals surface area contributed by atoms with E-state index in [1.165, 1.54) is 0 Å². The molecule has 0 aliphatic carbocycles. The number of carbonyl (C=O) groups excluding carboxylic acids is 2. The standard InChI is InChI=1S/C21H36N4O4S/c1-5-6-9-29-20(26)18(12-22-16-7-10-28-11-8-16)24-21(27)25(4)13-17-14-30-19(23-17)15(2)3/h14-16,18,22H,5-13H2,1-4H3,(H,24,27). The van der Waals surface area contributed by atoms with Crippen molar-refractivity contribution in [1.82, 2.24) is 20.5 Å². The van der Waals surface area contributed by atoms with Gasteiger partial charge in [0.05, 0.1) is 23.9 Å². The van der Waals surface area contributed by atoms with Crippen molar-refractivity contribution in [3.63, 3.8) is 0 Å². The Morgan fingerprint density at radius 2 is 2.10 bits per heavy atom. The number of urea groups is 1. The number of rotatable bonds is 11. The smallest absolute Gasteiger partial charge is 0.330 e. The van der Waals surface area contributed by atoms with Crippen molar-refractivity contribution in [2.75, 3.05) is 33.4 Å². The highest BCUT2D eigenvalue weighted by atomic mass is 32.1. The Hall–Kier alpha value is -1.71. The first-order valence-corrected chi connectivity index (χ1v) is 11.7. The molecule has 30 heavy (non-hydrogen) atoms. The lowest BCUT2D eigenvalue weighted by Gasteiger charge is -2.27. The fraction of sp³-hybridized carbons (Fsp3) is 0.762. The van der Waals surface area contributed by atoms with E-state index in [4.69, 9.17) is 9.47 Å². The van der Waals surface area contributed by atoms with Gasteiger partial charge in [0, 0.05) is 44.1 Å². The maximum atomic E-state index is 12.7. The number of esters is 1. The predicted octanol–water partition coefficient (Wildman–Crippen LogP) is 2.89. The summed E-state index contributed by atoms with van der Waals surface area (Å²) < 4.78 is 10.7. The van der Waals surface area contributed by atoms with Crippen molar-refractivity contribution < 1.29 is 19.1 Å². The number of hydrogen-bond acceptors (Lipinski definition) is 7. The Kier molecular flexibility index (Phi) is 10.5. The highest BCUT2D eigenvalue weighted by Crippen LogP contribution is 2.19. The van der Waals surface area contributed by atoms with Crippen LogP contribution in [0.25, 0.3) is 0 Å². The molecular weight excluding hydrogens is 404 g/mol. The van der Waals surface area contributed by atoms with Crippen molar-refractivity contribution in [3.05, 3.63) is 16.1 Å². The highest BCUT2D eigenvalue weighted by molar-refractivity contribution is 7.09. The molecule has 0 bridgehead atoms. The molecule has 1 atom stereocenters. The van der Waals surface area contributed by atoms with Crippen molar-refractivity contribution in [3.8, 4) is 0 Å². The number of amides is 2. The fourth-order valence-electron chi connectivity index (χ4n) is 3.03. The zero-order valence-electron chi connectivity index (χ0n) is 18.6. The normalized spacial score (nSPS) is 15.8. The largest absolute Gasteiger partial charge is 0.464 e. The molecule has 170 valence electrons. The van der Waals surface area contributed by atoms with Crippen molar-refractivity contribution in [1.29, 1.82) is 0 Å². The number of carbonyl (C=O) groups is 2. The zero-order chi connectivity index (χ0) is 21.9. The third-order valence-electron chi connectivity index (χ3n) is 4.97. The number of nitrogens with zero attached hydrogens (tertiary/aromatic N) is 2. The summed E-state index contributed by atoms with van der Waals surface area (Å²) in [4.78, 5) is 31.4. The minimum absolute atomic E-state index is 0.281. The summed E-state index contributed by atoms with van der Waals surface area (Å²) in [6, 6.07) is -0.773. The van der Waals surface area contributed by atoms with Gasteiger partial charge in [-0.2, -0.15) is 0 Å². The van der Waals surface area contributed by atoms with Crippen molar-refractivity contribution in [2.24, 2.45) is 0 Å². The van der Waals surface area contributed by atoms with Gasteiger partial charge < -0.3 is 25.0 Å². The van der Waals surface area contributed by atoms with E-state index in [1.807, 2.05) is 12.3 Å². The van der Waals surface area contributed by atoms with Gasteiger partial charge in [-0.25, -0.2) is 14.6 Å². The van der Waals surface area contributed by atoms with E-state index < -0.39 is 12.0 Å². The summed E-state index contributed by atoms with van der Waals surface area (Å²) in [7, 11) is 1.70. The fourth-order valence-corrected chi connectivity index (χ4v) is 3.86. The molecule has 2 rings (SSSR count). The first kappa shape index (κ1) is 24.6. The third-order valence-corrected chi connectivity index (χ3v) is 6.16. The number of hydrogen-bond donors (Lipinski definition) is 2. The Morgan fingerprint density at radius 1 is 1.37 bits per heavy atom. The second-order valence-electron chi connectivity index (χ2n) is 8.01. The number of aromatic nitrogens is 1. The van der Waals surface area contributed by atoms with E-state index in [0.29, 0.717) is 38.8 Å². The Balaban J connectivity index is 1.91. The second-order valence-corrected chi connectivity index (χ2v) is 8.90. The van der Waals surface area contributed by atoms with Gasteiger partial charge in [-0.05, 0) is 19.3 Å². The van der Waals surface area contributed by atoms with Crippen molar-refractivity contribution in [2.45, 2.75) is 71.0 Å². The third kappa shape index (κ3) is 8.20. The van der Waals surface area contributed by atoms with Gasteiger partial charge in [0.2, 0.25) is 0 Å². The Labute approximate surface area is 183 Å². The van der Waals surface area contributed by atoms with Gasteiger partial charge in [-0.1, -0.05) is 27.2 Å². The van der Waals surface area contributed by atoms with Crippen LogP contribution in [-0.2, 0) is 20.8 Å². The van der Waals surface area contributed by atoms with Crippen molar-refractivity contribution >= 4 is 23.3 Å². The number of nitrogens with one attached hydrogen (secondary N) is 2. The lowest BCUT2D eigenvalue weighted by Crippen LogP contribution is -2.53. The van der Waals surface area contributed by atoms with E-state index in [1.54, 1.807) is 23.3 Å². The summed E-state index contributed by atoms with van der Waals surface area (Å²) in [6.45, 7) is 8.75. The van der Waals surface area contributed by atoms with Crippen LogP contribution >= 0.6 is 11.3 Å². The summed E-state index contributed by atoms with van der Waals surface area (Å²) in [5, 5.41) is 9.23. The molecule has 8 nitrogen and oxygen atoms in total. The molecule has 0 radical (unpaired) electrons. The van der Waals surface area contributed by atoms with E-state index in [9.17, 15) is 9.59 Å². The van der Waals surface area contributed by atoms with Gasteiger partial charge in [0.15, 0.2) is 0 Å². The maximum absolute atomic E-state index is 12.7. The summed E-state index contributed by atoms with van der Waals surface area (Å²) in [5.41, 5.74) is 0.851. The van der Waals surface area contributed by atoms with Crippen LogP contribution in [0, 0.1) is 0 Å². The van der Waals surface area contributed by atoms with Crippen LogP contribution in [0.4, 0.5) is 4.79 Å². The topological polar surface area (TPSA) is 92.8 Å². The minimum atomic E-state index is -0.735. The Morgan fingerprint density at radius 3 is 2.73 bits per heavy atom. The lowest BCUT2D eigenvalue weighted by molar-refractivity contribution is -0.146. The van der Waals surface area contributed by atoms with E-state index in [0.717, 1.165) is 36.4 Å². The Bertz CT molecular complexity index is 661. The van der Waals surface area contributed by atoms with Crippen LogP contribution in [0.1, 0.15) is 63.1 Å². The minimum Gasteiger partial charge on any atom is -0.464 e. The lowest BCUT2D eigenvalue weighted by atomic mass is 10.1. The predicted molar refractivity (Wildman–Crippen MR) is 118 cm³/mol. The number of ether oxygens (including phenoxy) is 2. The molecular formula is C21H36N4O4S. The maximum Gasteiger partial charge on any atom is 0.330 e. The van der Waals surface area contributed by atoms with Gasteiger partial charge >= 0.3 is 12.0 Å². The van der Waals surface area contributed by atoms with Crippen LogP contribution in [0.15, 0.2) is 5.38 Å². The second kappa shape index (κ2) is 12.9. The molecule has 2 N–H and O–H groups in total. The van der Waals surface area contributed by atoms with Crippen LogP contribution in [0.2, 0.25) is 0 Å². The summed E-state index contributed by atoms with van der Waals surface area (Å²) >= 11 is 1.60. The van der Waals surface area contributed by atoms with E-state index >= 15 is 0 Å². The molecule has 2 heterocycles. The molecule has 1 aliphatic heterocycles. The first-order valence-electron chi connectivity index (χ1n) is 10.8. The molecule has 9 heteroatoms. The summed E-state index contributed by atoms with van der Waals surface area (Å²) in [5.74, 6) is -0.0399. The molecule has 0 saturated carbocycles. The van der Waals surface area contributed by atoms with Gasteiger partial charge in [-0.3, -0.25) is 0 Å². The van der Waals surface area contributed by atoms with Gasteiger partial charge in [0.25, 0.3) is 0 Å². The molecule has 1 unspecified atom stereocenters. The van der Waals surface area contributed by atoms with Crippen LogP contribution in [-0.4, -0.2) is 67.4 Å². The quantitative estimate of drug-likeness (QED) is 0.406. The van der Waals surface area contributed by atoms with Gasteiger partial charge in [-0.15, -0.1) is 11.3 Å². The molecule has 1 fully saturated rings. The zero-order valence-corrected chi connectivity index (χ0v) is 19.4. The number of unbranched alkanes of at least 4 members (excludes halogenated alkanes) is 1. The number of thiazole rings is 1. The average Bonchev–Trinajstić information content (AvgIpc) is 3.20. The van der Waals surface area contributed by atoms with Crippen LogP contribution in [0.3, 0.4) is 0 Å². The molecule has 1 aromatic heterocycles. The van der Waals surface area contributed by atoms with Crippen LogP contribution in [0.5, 0.6) is 0 Å². The molecule has 1 aromatic rings. The van der Waals surface area contributed by atoms with E-state index in [2.05, 4.69) is 29.5 Å². The molecule has 2 amide bonds. The molecule has 1 aliphatic rings. The monoisotopic (exact) mass is 440 g/mol. The first-order chi connectivity index (χ1) is 14.4. The van der Waals surface area contributed by atoms with Crippen LogP contribution < -0.4 is 10.6 Å². The average molecular weight is 441 g/mol. The highest BCUT2D eigenvalue weighted by Gasteiger charge is 2.25.